The number of carbonyl (C=O) groups excluding carboxylic acids is 1. The first-order valence-corrected chi connectivity index (χ1v) is 9.63. The Kier molecular flexibility index (Phi) is 5.18. The Labute approximate surface area is 164 Å². The number of hydrogen-bond acceptors (Lipinski definition) is 5. The van der Waals surface area contributed by atoms with Crippen LogP contribution in [0.15, 0.2) is 48.5 Å². The number of carbonyl (C=O) groups is 1. The molecular formula is C22H23N3O3. The molecule has 144 valence electrons. The van der Waals surface area contributed by atoms with Crippen LogP contribution in [0.5, 0.6) is 11.5 Å². The number of hydrogen-bond donors (Lipinski definition) is 0. The monoisotopic (exact) mass is 377 g/mol. The molecule has 0 saturated carbocycles. The summed E-state index contributed by atoms with van der Waals surface area (Å²) in [6, 6.07) is 16.8. The van der Waals surface area contributed by atoms with E-state index in [1.54, 1.807) is 12.1 Å². The van der Waals surface area contributed by atoms with Gasteiger partial charge in [-0.1, -0.05) is 19.1 Å². The standard InChI is InChI=1S/C22H23N3O3/c1-2-24(14-18-15-27-20-5-3-4-6-21(20)28-18)19-11-12-25(22(19)26)17-9-7-16(13-23)8-10-17/h3-10,18-19H,2,11-12,14-15H2,1H3. The molecule has 28 heavy (non-hydrogen) atoms. The third-order valence-corrected chi connectivity index (χ3v) is 5.34. The zero-order valence-corrected chi connectivity index (χ0v) is 15.9. The second-order valence-corrected chi connectivity index (χ2v) is 7.04. The van der Waals surface area contributed by atoms with E-state index in [4.69, 9.17) is 14.7 Å². The largest absolute Gasteiger partial charge is 0.486 e. The van der Waals surface area contributed by atoms with Crippen LogP contribution in [0.4, 0.5) is 5.69 Å². The molecule has 0 bridgehead atoms. The molecule has 1 amide bonds. The van der Waals surface area contributed by atoms with Crippen LogP contribution in [0, 0.1) is 11.3 Å². The normalized spacial score (nSPS) is 21.0. The molecule has 1 saturated heterocycles. The predicted octanol–water partition coefficient (Wildman–Crippen LogP) is 2.83. The number of fused-ring (bicyclic) bond motifs is 1. The number of rotatable bonds is 5. The van der Waals surface area contributed by atoms with Crippen molar-refractivity contribution in [2.24, 2.45) is 0 Å². The van der Waals surface area contributed by atoms with Crippen molar-refractivity contribution in [3.63, 3.8) is 0 Å². The van der Waals surface area contributed by atoms with Gasteiger partial charge in [-0.2, -0.15) is 5.26 Å². The maximum Gasteiger partial charge on any atom is 0.244 e. The Balaban J connectivity index is 1.42. The summed E-state index contributed by atoms with van der Waals surface area (Å²) in [6.07, 6.45) is 0.670. The molecule has 0 radical (unpaired) electrons. The predicted molar refractivity (Wildman–Crippen MR) is 106 cm³/mol. The van der Waals surface area contributed by atoms with E-state index in [1.165, 1.54) is 0 Å². The zero-order chi connectivity index (χ0) is 19.5. The Hall–Kier alpha value is -3.04. The van der Waals surface area contributed by atoms with Gasteiger partial charge in [0.15, 0.2) is 11.5 Å². The molecule has 1 fully saturated rings. The van der Waals surface area contributed by atoms with Crippen LogP contribution in [-0.2, 0) is 4.79 Å². The van der Waals surface area contributed by atoms with E-state index in [0.717, 1.165) is 30.2 Å². The van der Waals surface area contributed by atoms with E-state index in [1.807, 2.05) is 41.3 Å². The van der Waals surface area contributed by atoms with Crippen molar-refractivity contribution in [3.8, 4) is 17.6 Å². The van der Waals surface area contributed by atoms with Crippen molar-refractivity contribution in [1.82, 2.24) is 4.90 Å². The number of para-hydroxylation sites is 2. The summed E-state index contributed by atoms with van der Waals surface area (Å²) < 4.78 is 11.9. The lowest BCUT2D eigenvalue weighted by Crippen LogP contribution is -2.48. The second kappa shape index (κ2) is 7.91. The molecular weight excluding hydrogens is 354 g/mol. The Morgan fingerprint density at radius 3 is 2.64 bits per heavy atom. The van der Waals surface area contributed by atoms with Gasteiger partial charge in [-0.15, -0.1) is 0 Å². The molecule has 6 heteroatoms. The fourth-order valence-electron chi connectivity index (χ4n) is 3.87. The van der Waals surface area contributed by atoms with Crippen molar-refractivity contribution >= 4 is 11.6 Å². The van der Waals surface area contributed by atoms with Crippen LogP contribution in [0.2, 0.25) is 0 Å². The summed E-state index contributed by atoms with van der Waals surface area (Å²) in [5.41, 5.74) is 1.44. The lowest BCUT2D eigenvalue weighted by molar-refractivity contribution is -0.122. The molecule has 0 aliphatic carbocycles. The number of likely N-dealkylation sites (N-methyl/N-ethyl adjacent to an activating group) is 1. The number of nitrogens with zero attached hydrogens (tertiary/aromatic N) is 3. The minimum absolute atomic E-state index is 0.101. The highest BCUT2D eigenvalue weighted by Crippen LogP contribution is 2.32. The zero-order valence-electron chi connectivity index (χ0n) is 15.9. The maximum absolute atomic E-state index is 13.0. The maximum atomic E-state index is 13.0. The van der Waals surface area contributed by atoms with Gasteiger partial charge in [-0.05, 0) is 49.4 Å². The van der Waals surface area contributed by atoms with E-state index < -0.39 is 0 Å². The van der Waals surface area contributed by atoms with E-state index in [9.17, 15) is 4.79 Å². The summed E-state index contributed by atoms with van der Waals surface area (Å²) in [5.74, 6) is 1.63. The molecule has 4 rings (SSSR count). The molecule has 2 aliphatic heterocycles. The van der Waals surface area contributed by atoms with Crippen LogP contribution in [0.3, 0.4) is 0 Å². The lowest BCUT2D eigenvalue weighted by atomic mass is 10.1. The van der Waals surface area contributed by atoms with Gasteiger partial charge in [0, 0.05) is 18.8 Å². The molecule has 2 heterocycles. The topological polar surface area (TPSA) is 65.8 Å². The van der Waals surface area contributed by atoms with Crippen LogP contribution >= 0.6 is 0 Å². The Morgan fingerprint density at radius 2 is 1.93 bits per heavy atom. The molecule has 2 aromatic carbocycles. The molecule has 2 unspecified atom stereocenters. The fraction of sp³-hybridized carbons (Fsp3) is 0.364. The van der Waals surface area contributed by atoms with Gasteiger partial charge in [0.1, 0.15) is 12.7 Å². The highest BCUT2D eigenvalue weighted by Gasteiger charge is 2.37. The number of ether oxygens (including phenoxy) is 2. The summed E-state index contributed by atoms with van der Waals surface area (Å²) >= 11 is 0. The van der Waals surface area contributed by atoms with E-state index in [0.29, 0.717) is 25.3 Å². The summed E-state index contributed by atoms with van der Waals surface area (Å²) in [5, 5.41) is 8.95. The third-order valence-electron chi connectivity index (χ3n) is 5.34. The van der Waals surface area contributed by atoms with Crippen molar-refractivity contribution in [3.05, 3.63) is 54.1 Å². The van der Waals surface area contributed by atoms with Crippen LogP contribution in [0.1, 0.15) is 18.9 Å². The van der Waals surface area contributed by atoms with Crippen LogP contribution in [-0.4, -0.2) is 49.2 Å². The van der Waals surface area contributed by atoms with Crippen LogP contribution < -0.4 is 14.4 Å². The SMILES string of the molecule is CCN(CC1COc2ccccc2O1)C1CCN(c2ccc(C#N)cc2)C1=O. The van der Waals surface area contributed by atoms with Gasteiger partial charge in [-0.3, -0.25) is 9.69 Å². The highest BCUT2D eigenvalue weighted by molar-refractivity contribution is 5.99. The van der Waals surface area contributed by atoms with Gasteiger partial charge in [0.25, 0.3) is 0 Å². The van der Waals surface area contributed by atoms with Crippen molar-refractivity contribution in [2.45, 2.75) is 25.5 Å². The van der Waals surface area contributed by atoms with Crippen molar-refractivity contribution in [2.75, 3.05) is 31.1 Å². The van der Waals surface area contributed by atoms with Gasteiger partial charge in [0.05, 0.1) is 17.7 Å². The molecule has 2 aliphatic rings. The molecule has 0 N–H and O–H groups in total. The minimum Gasteiger partial charge on any atom is -0.486 e. The molecule has 0 aromatic heterocycles. The molecule has 0 spiro atoms. The van der Waals surface area contributed by atoms with Crippen molar-refractivity contribution < 1.29 is 14.3 Å². The van der Waals surface area contributed by atoms with E-state index in [2.05, 4.69) is 17.9 Å². The average molecular weight is 377 g/mol. The smallest absolute Gasteiger partial charge is 0.244 e. The van der Waals surface area contributed by atoms with Gasteiger partial charge in [0.2, 0.25) is 5.91 Å². The highest BCUT2D eigenvalue weighted by atomic mass is 16.6. The van der Waals surface area contributed by atoms with Gasteiger partial charge in [-0.25, -0.2) is 0 Å². The molecule has 2 atom stereocenters. The average Bonchev–Trinajstić information content (AvgIpc) is 3.13. The first kappa shape index (κ1) is 18.3. The van der Waals surface area contributed by atoms with E-state index in [-0.39, 0.29) is 18.1 Å². The number of nitriles is 1. The number of anilines is 1. The Morgan fingerprint density at radius 1 is 1.18 bits per heavy atom. The quantitative estimate of drug-likeness (QED) is 0.802. The van der Waals surface area contributed by atoms with E-state index >= 15 is 0 Å². The fourth-order valence-corrected chi connectivity index (χ4v) is 3.87. The van der Waals surface area contributed by atoms with Crippen molar-refractivity contribution in [1.29, 1.82) is 5.26 Å². The first-order chi connectivity index (χ1) is 13.7. The third kappa shape index (κ3) is 3.54. The van der Waals surface area contributed by atoms with Gasteiger partial charge >= 0.3 is 0 Å². The molecule has 6 nitrogen and oxygen atoms in total. The van der Waals surface area contributed by atoms with Gasteiger partial charge < -0.3 is 14.4 Å². The number of amides is 1. The second-order valence-electron chi connectivity index (χ2n) is 7.04. The number of benzene rings is 2. The summed E-state index contributed by atoms with van der Waals surface area (Å²) in [4.78, 5) is 17.0. The minimum atomic E-state index is -0.165. The summed E-state index contributed by atoms with van der Waals surface area (Å²) in [7, 11) is 0. The summed E-state index contributed by atoms with van der Waals surface area (Å²) in [6.45, 7) is 4.63. The molecule has 2 aromatic rings. The lowest BCUT2D eigenvalue weighted by Gasteiger charge is -2.33. The Bertz CT molecular complexity index is 891. The van der Waals surface area contributed by atoms with Crippen LogP contribution in [0.25, 0.3) is 0 Å². The first-order valence-electron chi connectivity index (χ1n) is 9.63.